The number of rotatable bonds is 15. The minimum Gasteiger partial charge on any atom is -0.494 e. The number of nitrogens with zero attached hydrogens (tertiary/aromatic N) is 4. The molecule has 0 saturated heterocycles. The molecule has 0 aliphatic carbocycles. The number of ether oxygens (including phenoxy) is 3. The molecular formula is C35H41N5O6. The van der Waals surface area contributed by atoms with E-state index in [0.717, 1.165) is 12.0 Å². The van der Waals surface area contributed by atoms with E-state index in [-0.39, 0.29) is 31.0 Å². The van der Waals surface area contributed by atoms with E-state index in [4.69, 9.17) is 24.3 Å². The summed E-state index contributed by atoms with van der Waals surface area (Å²) in [6.07, 6.45) is 0.825. The summed E-state index contributed by atoms with van der Waals surface area (Å²) in [7, 11) is 0. The normalized spacial score (nSPS) is 17.3. The van der Waals surface area contributed by atoms with E-state index in [9.17, 15) is 15.1 Å². The van der Waals surface area contributed by atoms with Crippen molar-refractivity contribution in [2.45, 2.75) is 70.1 Å². The summed E-state index contributed by atoms with van der Waals surface area (Å²) in [6, 6.07) is 23.9. The summed E-state index contributed by atoms with van der Waals surface area (Å²) < 4.78 is 17.7. The third-order valence-electron chi connectivity index (χ3n) is 7.30. The fourth-order valence-corrected chi connectivity index (χ4v) is 5.17. The van der Waals surface area contributed by atoms with Crippen LogP contribution in [0.25, 0.3) is 10.4 Å². The van der Waals surface area contributed by atoms with Crippen molar-refractivity contribution < 1.29 is 28.9 Å². The standard InChI is InChI=1S/C35H41N5O6/c1-34(2,3)46-30(42)20-21-35(33(43)37-22-9-13-25-11-5-4-6-12-25)31(28-14-7-8-15-29(28)39-40-36)45-32(38-35)26-16-18-27(19-17-26)44-24-10-23-41/h4-8,11-12,14-19,31,41H,9-10,13,20-24H2,1-3H3,(H,37,43)/t31-,35-/m1/s1. The second-order valence-corrected chi connectivity index (χ2v) is 12.0. The molecule has 0 saturated carbocycles. The van der Waals surface area contributed by atoms with E-state index in [1.165, 1.54) is 0 Å². The van der Waals surface area contributed by atoms with Crippen LogP contribution in [0.1, 0.15) is 69.2 Å². The zero-order chi connectivity index (χ0) is 33.0. The molecule has 0 aromatic heterocycles. The van der Waals surface area contributed by atoms with Gasteiger partial charge in [-0.15, -0.1) is 0 Å². The van der Waals surface area contributed by atoms with E-state index in [1.54, 1.807) is 69.3 Å². The fraction of sp³-hybridized carbons (Fsp3) is 0.400. The Morgan fingerprint density at radius 3 is 2.46 bits per heavy atom. The molecule has 0 spiro atoms. The second-order valence-electron chi connectivity index (χ2n) is 12.0. The Balaban J connectivity index is 1.71. The van der Waals surface area contributed by atoms with Crippen molar-refractivity contribution in [3.05, 3.63) is 106 Å². The lowest BCUT2D eigenvalue weighted by Gasteiger charge is -2.31. The molecule has 11 heteroatoms. The van der Waals surface area contributed by atoms with Gasteiger partial charge in [-0.1, -0.05) is 59.7 Å². The number of nitrogens with one attached hydrogen (secondary N) is 1. The average molecular weight is 628 g/mol. The maximum absolute atomic E-state index is 14.3. The molecule has 2 atom stereocenters. The third kappa shape index (κ3) is 9.09. The van der Waals surface area contributed by atoms with E-state index in [2.05, 4.69) is 15.3 Å². The number of amides is 1. The summed E-state index contributed by atoms with van der Waals surface area (Å²) in [5.41, 5.74) is 9.51. The first kappa shape index (κ1) is 34.0. The molecule has 3 aromatic carbocycles. The minimum absolute atomic E-state index is 0.0203. The van der Waals surface area contributed by atoms with Crippen molar-refractivity contribution in [1.82, 2.24) is 5.32 Å². The van der Waals surface area contributed by atoms with Crippen LogP contribution in [0.2, 0.25) is 0 Å². The third-order valence-corrected chi connectivity index (χ3v) is 7.30. The molecule has 1 aliphatic rings. The number of aryl methyl sites for hydroxylation is 1. The van der Waals surface area contributed by atoms with Crippen molar-refractivity contribution in [2.75, 3.05) is 19.8 Å². The first-order chi connectivity index (χ1) is 22.1. The molecule has 0 fully saturated rings. The van der Waals surface area contributed by atoms with Gasteiger partial charge in [0.25, 0.3) is 5.91 Å². The van der Waals surface area contributed by atoms with Gasteiger partial charge >= 0.3 is 5.97 Å². The van der Waals surface area contributed by atoms with Gasteiger partial charge in [-0.3, -0.25) is 9.59 Å². The van der Waals surface area contributed by atoms with Crippen LogP contribution in [0, 0.1) is 0 Å². The summed E-state index contributed by atoms with van der Waals surface area (Å²) in [4.78, 5) is 35.2. The molecule has 11 nitrogen and oxygen atoms in total. The van der Waals surface area contributed by atoms with E-state index in [1.807, 2.05) is 30.3 Å². The predicted octanol–water partition coefficient (Wildman–Crippen LogP) is 6.52. The van der Waals surface area contributed by atoms with E-state index < -0.39 is 29.1 Å². The van der Waals surface area contributed by atoms with E-state index in [0.29, 0.717) is 42.9 Å². The number of carbonyl (C=O) groups is 2. The fourth-order valence-electron chi connectivity index (χ4n) is 5.17. The van der Waals surface area contributed by atoms with Crippen molar-refractivity contribution >= 4 is 23.5 Å². The van der Waals surface area contributed by atoms with Gasteiger partial charge in [0.05, 0.1) is 6.61 Å². The highest BCUT2D eigenvalue weighted by Gasteiger charge is 2.53. The molecule has 242 valence electrons. The number of aliphatic imine (C=N–C) groups is 1. The van der Waals surface area contributed by atoms with Gasteiger partial charge in [-0.05, 0) is 75.4 Å². The number of azide groups is 1. The maximum atomic E-state index is 14.3. The Hall–Kier alpha value is -4.86. The lowest BCUT2D eigenvalue weighted by Crippen LogP contribution is -2.49. The SMILES string of the molecule is CC(C)(C)OC(=O)CC[C@@]1(C(=O)NCCCc2ccccc2)N=C(c2ccc(OCCCO)cc2)O[C@@H]1c1ccccc1N=[N+]=[N-]. The van der Waals surface area contributed by atoms with Crippen LogP contribution in [-0.4, -0.2) is 53.8 Å². The van der Waals surface area contributed by atoms with Gasteiger partial charge in [-0.2, -0.15) is 0 Å². The lowest BCUT2D eigenvalue weighted by molar-refractivity contribution is -0.155. The molecular weight excluding hydrogens is 586 g/mol. The number of esters is 1. The smallest absolute Gasteiger partial charge is 0.306 e. The molecule has 0 bridgehead atoms. The number of hydrogen-bond acceptors (Lipinski definition) is 8. The molecule has 0 radical (unpaired) electrons. The van der Waals surface area contributed by atoms with Gasteiger partial charge in [0.2, 0.25) is 5.90 Å². The van der Waals surface area contributed by atoms with Crippen LogP contribution in [-0.2, 0) is 25.5 Å². The van der Waals surface area contributed by atoms with Crippen molar-refractivity contribution in [3.8, 4) is 5.75 Å². The zero-order valence-electron chi connectivity index (χ0n) is 26.5. The minimum atomic E-state index is -1.59. The van der Waals surface area contributed by atoms with Crippen LogP contribution >= 0.6 is 0 Å². The van der Waals surface area contributed by atoms with E-state index >= 15 is 0 Å². The number of aliphatic hydroxyl groups is 1. The Labute approximate surface area is 269 Å². The Morgan fingerprint density at radius 2 is 1.76 bits per heavy atom. The van der Waals surface area contributed by atoms with Gasteiger partial charge in [-0.25, -0.2) is 4.99 Å². The Bertz CT molecular complexity index is 1550. The Kier molecular flexibility index (Phi) is 11.8. The van der Waals surface area contributed by atoms with Crippen molar-refractivity contribution in [2.24, 2.45) is 10.1 Å². The summed E-state index contributed by atoms with van der Waals surface area (Å²) in [6.45, 7) is 6.11. The molecule has 1 heterocycles. The second kappa shape index (κ2) is 15.9. The summed E-state index contributed by atoms with van der Waals surface area (Å²) in [5, 5.41) is 16.0. The molecule has 46 heavy (non-hydrogen) atoms. The number of benzene rings is 3. The largest absolute Gasteiger partial charge is 0.494 e. The Morgan fingerprint density at radius 1 is 1.04 bits per heavy atom. The van der Waals surface area contributed by atoms with Gasteiger partial charge < -0.3 is 24.6 Å². The molecule has 2 N–H and O–H groups in total. The van der Waals surface area contributed by atoms with Crippen LogP contribution in [0.3, 0.4) is 0 Å². The van der Waals surface area contributed by atoms with Crippen LogP contribution in [0.15, 0.2) is 89.0 Å². The zero-order valence-corrected chi connectivity index (χ0v) is 26.5. The monoisotopic (exact) mass is 627 g/mol. The van der Waals surface area contributed by atoms with Crippen LogP contribution in [0.4, 0.5) is 5.69 Å². The molecule has 1 aliphatic heterocycles. The molecule has 1 amide bonds. The topological polar surface area (TPSA) is 155 Å². The summed E-state index contributed by atoms with van der Waals surface area (Å²) >= 11 is 0. The van der Waals surface area contributed by atoms with Crippen LogP contribution in [0.5, 0.6) is 5.75 Å². The number of carbonyl (C=O) groups excluding carboxylic acids is 2. The van der Waals surface area contributed by atoms with Crippen molar-refractivity contribution in [1.29, 1.82) is 0 Å². The van der Waals surface area contributed by atoms with Crippen molar-refractivity contribution in [3.63, 3.8) is 0 Å². The highest BCUT2D eigenvalue weighted by atomic mass is 16.6. The van der Waals surface area contributed by atoms with Gasteiger partial charge in [0.15, 0.2) is 11.6 Å². The predicted molar refractivity (Wildman–Crippen MR) is 175 cm³/mol. The van der Waals surface area contributed by atoms with Crippen LogP contribution < -0.4 is 10.1 Å². The molecule has 0 unspecified atom stereocenters. The quantitative estimate of drug-likeness (QED) is 0.0643. The first-order valence-corrected chi connectivity index (χ1v) is 15.4. The highest BCUT2D eigenvalue weighted by Crippen LogP contribution is 2.46. The van der Waals surface area contributed by atoms with Gasteiger partial charge in [0, 0.05) is 47.7 Å². The maximum Gasteiger partial charge on any atom is 0.306 e. The lowest BCUT2D eigenvalue weighted by atomic mass is 9.82. The van der Waals surface area contributed by atoms with Gasteiger partial charge in [0.1, 0.15) is 11.4 Å². The molecule has 3 aromatic rings. The number of hydrogen-bond donors (Lipinski definition) is 2. The number of aliphatic hydroxyl groups excluding tert-OH is 1. The highest BCUT2D eigenvalue weighted by molar-refractivity contribution is 6.01. The first-order valence-electron chi connectivity index (χ1n) is 15.4. The average Bonchev–Trinajstić information content (AvgIpc) is 3.43. The summed E-state index contributed by atoms with van der Waals surface area (Å²) in [5.74, 6) is -0.0812. The molecule has 4 rings (SSSR count).